The van der Waals surface area contributed by atoms with Gasteiger partial charge in [0, 0.05) is 10.9 Å². The van der Waals surface area contributed by atoms with Crippen LogP contribution in [0, 0.1) is 6.92 Å². The zero-order valence-corrected chi connectivity index (χ0v) is 16.2. The molecule has 3 aromatic rings. The number of amides is 1. The lowest BCUT2D eigenvalue weighted by molar-refractivity contribution is -0.168. The number of para-hydroxylation sites is 1. The number of hydrazine groups is 1. The maximum Gasteiger partial charge on any atom is 0.291 e. The minimum absolute atomic E-state index is 0.0609. The molecular formula is C22H17F4N3O2. The van der Waals surface area contributed by atoms with Gasteiger partial charge in [0.25, 0.3) is 18.4 Å². The Balaban J connectivity index is 1.88. The summed E-state index contributed by atoms with van der Waals surface area (Å²) < 4.78 is 53.4. The molecule has 1 aromatic heterocycles. The molecule has 1 aliphatic heterocycles. The molecule has 9 heteroatoms. The van der Waals surface area contributed by atoms with Gasteiger partial charge in [-0.15, -0.1) is 0 Å². The summed E-state index contributed by atoms with van der Waals surface area (Å²) in [6, 6.07) is 15.3. The van der Waals surface area contributed by atoms with E-state index in [1.165, 1.54) is 6.07 Å². The highest BCUT2D eigenvalue weighted by Crippen LogP contribution is 2.36. The van der Waals surface area contributed by atoms with Crippen LogP contribution >= 0.6 is 0 Å². The van der Waals surface area contributed by atoms with E-state index in [2.05, 4.69) is 4.98 Å². The van der Waals surface area contributed by atoms with Gasteiger partial charge < -0.3 is 5.11 Å². The molecule has 2 aromatic carbocycles. The first-order valence-corrected chi connectivity index (χ1v) is 9.33. The maximum atomic E-state index is 13.6. The van der Waals surface area contributed by atoms with Crippen LogP contribution in [-0.4, -0.2) is 33.2 Å². The second-order valence-electron chi connectivity index (χ2n) is 7.29. The average Bonchev–Trinajstić information content (AvgIpc) is 3.12. The van der Waals surface area contributed by atoms with Crippen LogP contribution in [0.25, 0.3) is 22.2 Å². The highest BCUT2D eigenvalue weighted by atomic mass is 19.3. The zero-order chi connectivity index (χ0) is 22.3. The smallest absolute Gasteiger partial charge is 0.291 e. The van der Waals surface area contributed by atoms with Gasteiger partial charge in [0.05, 0.1) is 23.2 Å². The number of benzene rings is 2. The van der Waals surface area contributed by atoms with Gasteiger partial charge in [-0.3, -0.25) is 10.2 Å². The van der Waals surface area contributed by atoms with Crippen LogP contribution in [0.5, 0.6) is 0 Å². The molecular weight excluding hydrogens is 414 g/mol. The predicted octanol–water partition coefficient (Wildman–Crippen LogP) is 4.62. The van der Waals surface area contributed by atoms with Gasteiger partial charge >= 0.3 is 0 Å². The van der Waals surface area contributed by atoms with E-state index in [0.29, 0.717) is 22.2 Å². The van der Waals surface area contributed by atoms with E-state index in [1.54, 1.807) is 30.3 Å². The Kier molecular flexibility index (Phi) is 5.14. The third-order valence-corrected chi connectivity index (χ3v) is 5.11. The molecule has 0 saturated carbocycles. The molecule has 1 atom stereocenters. The van der Waals surface area contributed by atoms with Crippen molar-refractivity contribution in [2.75, 3.05) is 0 Å². The van der Waals surface area contributed by atoms with E-state index in [-0.39, 0.29) is 10.6 Å². The molecule has 4 rings (SSSR count). The second kappa shape index (κ2) is 7.66. The number of halogens is 4. The molecule has 2 heterocycles. The van der Waals surface area contributed by atoms with Crippen molar-refractivity contribution in [1.82, 2.24) is 15.4 Å². The van der Waals surface area contributed by atoms with Crippen LogP contribution in [0.15, 0.2) is 66.4 Å². The molecule has 1 saturated heterocycles. The van der Waals surface area contributed by atoms with E-state index >= 15 is 0 Å². The van der Waals surface area contributed by atoms with Crippen molar-refractivity contribution in [3.8, 4) is 11.3 Å². The summed E-state index contributed by atoms with van der Waals surface area (Å²) in [7, 11) is 0. The fourth-order valence-corrected chi connectivity index (χ4v) is 3.55. The van der Waals surface area contributed by atoms with Crippen molar-refractivity contribution in [2.45, 2.75) is 25.5 Å². The van der Waals surface area contributed by atoms with Crippen LogP contribution in [0.2, 0.25) is 0 Å². The number of nitrogens with one attached hydrogen (secondary N) is 1. The number of hydrogen-bond donors (Lipinski definition) is 2. The van der Waals surface area contributed by atoms with E-state index in [0.717, 1.165) is 5.56 Å². The van der Waals surface area contributed by atoms with Crippen molar-refractivity contribution in [1.29, 1.82) is 0 Å². The number of alkyl halides is 2. The lowest BCUT2D eigenvalue weighted by Crippen LogP contribution is -2.55. The van der Waals surface area contributed by atoms with E-state index < -0.39 is 36.3 Å². The number of aromatic nitrogens is 1. The number of pyridine rings is 1. The average molecular weight is 431 g/mol. The zero-order valence-electron chi connectivity index (χ0n) is 16.2. The number of carbonyl (C=O) groups is 1. The number of nitrogens with zero attached hydrogens (tertiary/aromatic N) is 2. The Morgan fingerprint density at radius 2 is 1.90 bits per heavy atom. The molecule has 1 aliphatic rings. The summed E-state index contributed by atoms with van der Waals surface area (Å²) in [6.45, 7) is 1.88. The molecule has 0 radical (unpaired) electrons. The van der Waals surface area contributed by atoms with Gasteiger partial charge in [-0.2, -0.15) is 8.78 Å². The summed E-state index contributed by atoms with van der Waals surface area (Å²) >= 11 is 0. The molecule has 1 fully saturated rings. The molecule has 5 nitrogen and oxygen atoms in total. The molecule has 0 bridgehead atoms. The SMILES string of the molecule is Cc1cccc(-c2cc(C(=O)N3NC(=C(F)F)CC3(O)C(F)F)c3ccccc3n2)c1. The number of rotatable bonds is 3. The summed E-state index contributed by atoms with van der Waals surface area (Å²) in [6.07, 6.45) is -6.88. The van der Waals surface area contributed by atoms with Crippen LogP contribution in [-0.2, 0) is 0 Å². The van der Waals surface area contributed by atoms with Gasteiger partial charge in [0.15, 0.2) is 0 Å². The third kappa shape index (κ3) is 3.61. The number of aliphatic hydroxyl groups is 1. The summed E-state index contributed by atoms with van der Waals surface area (Å²) in [5.74, 6) is -1.08. The first kappa shape index (κ1) is 20.8. The molecule has 160 valence electrons. The van der Waals surface area contributed by atoms with Crippen molar-refractivity contribution < 1.29 is 27.5 Å². The van der Waals surface area contributed by atoms with Gasteiger partial charge in [0.1, 0.15) is 5.70 Å². The van der Waals surface area contributed by atoms with Crippen LogP contribution < -0.4 is 5.43 Å². The van der Waals surface area contributed by atoms with E-state index in [9.17, 15) is 27.5 Å². The molecule has 1 amide bonds. The second-order valence-corrected chi connectivity index (χ2v) is 7.29. The molecule has 2 N–H and O–H groups in total. The first-order chi connectivity index (χ1) is 14.7. The number of hydrogen-bond acceptors (Lipinski definition) is 4. The van der Waals surface area contributed by atoms with Crippen molar-refractivity contribution in [3.63, 3.8) is 0 Å². The molecule has 0 spiro atoms. The van der Waals surface area contributed by atoms with Crippen molar-refractivity contribution in [2.24, 2.45) is 0 Å². The molecule has 31 heavy (non-hydrogen) atoms. The topological polar surface area (TPSA) is 65.5 Å². The minimum atomic E-state index is -3.48. The Hall–Kier alpha value is -3.46. The fraction of sp³-hybridized carbons (Fsp3) is 0.182. The standard InChI is InChI=1S/C22H17F4N3O2/c1-12-5-4-6-13(9-12)17-10-15(14-7-2-3-8-16(14)27-17)20(30)29-22(31,21(25)26)11-18(28-29)19(23)24/h2-10,21,28,31H,11H2,1H3. The minimum Gasteiger partial charge on any atom is -0.364 e. The van der Waals surface area contributed by atoms with Gasteiger partial charge in [0.2, 0.25) is 5.72 Å². The lowest BCUT2D eigenvalue weighted by atomic mass is 10.0. The largest absolute Gasteiger partial charge is 0.364 e. The maximum absolute atomic E-state index is 13.6. The monoisotopic (exact) mass is 431 g/mol. The third-order valence-electron chi connectivity index (χ3n) is 5.11. The van der Waals surface area contributed by atoms with Crippen molar-refractivity contribution >= 4 is 16.8 Å². The molecule has 1 unspecified atom stereocenters. The first-order valence-electron chi connectivity index (χ1n) is 9.33. The van der Waals surface area contributed by atoms with Gasteiger partial charge in [-0.1, -0.05) is 42.0 Å². The van der Waals surface area contributed by atoms with Crippen LogP contribution in [0.4, 0.5) is 17.6 Å². The quantitative estimate of drug-likeness (QED) is 0.594. The summed E-state index contributed by atoms with van der Waals surface area (Å²) in [4.78, 5) is 17.8. The molecule has 0 aliphatic carbocycles. The lowest BCUT2D eigenvalue weighted by Gasteiger charge is -2.31. The van der Waals surface area contributed by atoms with Crippen LogP contribution in [0.3, 0.4) is 0 Å². The van der Waals surface area contributed by atoms with Crippen LogP contribution in [0.1, 0.15) is 22.3 Å². The Morgan fingerprint density at radius 1 is 1.16 bits per heavy atom. The van der Waals surface area contributed by atoms with E-state index in [1.807, 2.05) is 30.5 Å². The summed E-state index contributed by atoms with van der Waals surface area (Å²) in [5, 5.41) is 10.9. The Morgan fingerprint density at radius 3 is 2.58 bits per heavy atom. The normalized spacial score (nSPS) is 18.5. The van der Waals surface area contributed by atoms with Gasteiger partial charge in [-0.05, 0) is 25.1 Å². The predicted molar refractivity (Wildman–Crippen MR) is 106 cm³/mol. The van der Waals surface area contributed by atoms with E-state index in [4.69, 9.17) is 0 Å². The summed E-state index contributed by atoms with van der Waals surface area (Å²) in [5.41, 5.74) is 0.287. The fourth-order valence-electron chi connectivity index (χ4n) is 3.55. The number of fused-ring (bicyclic) bond motifs is 1. The Bertz CT molecular complexity index is 1210. The Labute approximate surface area is 174 Å². The highest BCUT2D eigenvalue weighted by molar-refractivity contribution is 6.07. The number of aryl methyl sites for hydroxylation is 1. The van der Waals surface area contributed by atoms with Gasteiger partial charge in [-0.25, -0.2) is 18.8 Å². The van der Waals surface area contributed by atoms with Crippen molar-refractivity contribution in [3.05, 3.63) is 77.5 Å². The number of carbonyl (C=O) groups excluding carboxylic acids is 1. The highest BCUT2D eigenvalue weighted by Gasteiger charge is 2.53.